The molecule has 0 unspecified atom stereocenters. The van der Waals surface area contributed by atoms with Crippen LogP contribution in [0.4, 0.5) is 0 Å². The topological polar surface area (TPSA) is 40.5 Å². The summed E-state index contributed by atoms with van der Waals surface area (Å²) in [5.41, 5.74) is -0.420. The molecule has 1 aromatic rings. The van der Waals surface area contributed by atoms with Gasteiger partial charge in [0.2, 0.25) is 0 Å². The monoisotopic (exact) mass is 332 g/mol. The van der Waals surface area contributed by atoms with Gasteiger partial charge in [0.15, 0.2) is 0 Å². The van der Waals surface area contributed by atoms with Crippen molar-refractivity contribution in [3.05, 3.63) is 35.9 Å². The summed E-state index contributed by atoms with van der Waals surface area (Å²) in [5.74, 6) is 3.09. The molecule has 6 fully saturated rings. The Hall–Kier alpha value is -0.380. The number of rotatable bonds is 1. The largest absolute Gasteiger partial charge is 0.388 e. The van der Waals surface area contributed by atoms with E-state index in [9.17, 15) is 10.2 Å². The second kappa shape index (κ2) is 2.90. The summed E-state index contributed by atoms with van der Waals surface area (Å²) in [4.78, 5) is 0.202. The Morgan fingerprint density at radius 2 is 1.70 bits per heavy atom. The number of aliphatic hydroxyl groups is 2. The lowest BCUT2D eigenvalue weighted by atomic mass is 9.69. The van der Waals surface area contributed by atoms with Crippen molar-refractivity contribution in [3.63, 3.8) is 0 Å². The molecule has 0 heterocycles. The highest BCUT2D eigenvalue weighted by molar-refractivity contribution is 9.09. The quantitative estimate of drug-likeness (QED) is 0.773. The molecule has 0 spiro atoms. The predicted molar refractivity (Wildman–Crippen MR) is 77.1 cm³/mol. The van der Waals surface area contributed by atoms with Gasteiger partial charge in [0.1, 0.15) is 0 Å². The van der Waals surface area contributed by atoms with Gasteiger partial charge in [-0.1, -0.05) is 46.3 Å². The van der Waals surface area contributed by atoms with Gasteiger partial charge in [-0.25, -0.2) is 0 Å². The van der Waals surface area contributed by atoms with Crippen LogP contribution in [0.15, 0.2) is 30.3 Å². The van der Waals surface area contributed by atoms with E-state index in [4.69, 9.17) is 0 Å². The lowest BCUT2D eigenvalue weighted by Gasteiger charge is -2.38. The molecule has 0 radical (unpaired) electrons. The van der Waals surface area contributed by atoms with E-state index in [1.807, 2.05) is 18.2 Å². The summed E-state index contributed by atoms with van der Waals surface area (Å²) in [7, 11) is 0. The summed E-state index contributed by atoms with van der Waals surface area (Å²) < 4.78 is 0. The van der Waals surface area contributed by atoms with Gasteiger partial charge >= 0.3 is 0 Å². The molecular formula is C17H17BrO2. The molecule has 0 aliphatic heterocycles. The van der Waals surface area contributed by atoms with Crippen LogP contribution in [0.3, 0.4) is 0 Å². The highest BCUT2D eigenvalue weighted by Gasteiger charge is 2.92. The minimum Gasteiger partial charge on any atom is -0.388 e. The Balaban J connectivity index is 1.65. The summed E-state index contributed by atoms with van der Waals surface area (Å²) in [6.07, 6.45) is 1.24. The van der Waals surface area contributed by atoms with Crippen LogP contribution in [0.5, 0.6) is 0 Å². The molecule has 1 aromatic carbocycles. The highest BCUT2D eigenvalue weighted by Crippen LogP contribution is 2.88. The van der Waals surface area contributed by atoms with Gasteiger partial charge in [-0.05, 0) is 41.6 Å². The third-order valence-corrected chi connectivity index (χ3v) is 9.05. The van der Waals surface area contributed by atoms with Gasteiger partial charge in [-0.3, -0.25) is 0 Å². The second-order valence-electron chi connectivity index (χ2n) is 7.73. The average molecular weight is 333 g/mol. The van der Waals surface area contributed by atoms with E-state index in [2.05, 4.69) is 28.1 Å². The van der Waals surface area contributed by atoms with E-state index in [-0.39, 0.29) is 16.7 Å². The first-order valence-corrected chi connectivity index (χ1v) is 8.67. The van der Waals surface area contributed by atoms with Crippen LogP contribution in [0.2, 0.25) is 0 Å². The maximum absolute atomic E-state index is 11.6. The smallest absolute Gasteiger partial charge is 0.0989 e. The summed E-state index contributed by atoms with van der Waals surface area (Å²) in [6.45, 7) is 0. The molecule has 2 N–H and O–H groups in total. The zero-order valence-electron chi connectivity index (χ0n) is 11.0. The molecule has 7 rings (SSSR count). The molecule has 0 amide bonds. The fourth-order valence-corrected chi connectivity index (χ4v) is 9.06. The average Bonchev–Trinajstić information content (AvgIpc) is 3.16. The minimum atomic E-state index is -0.790. The van der Waals surface area contributed by atoms with E-state index >= 15 is 0 Å². The van der Waals surface area contributed by atoms with E-state index in [1.165, 1.54) is 6.42 Å². The first-order valence-electron chi connectivity index (χ1n) is 7.75. The van der Waals surface area contributed by atoms with Crippen molar-refractivity contribution < 1.29 is 10.2 Å². The van der Waals surface area contributed by atoms with Crippen LogP contribution >= 0.6 is 15.9 Å². The lowest BCUT2D eigenvalue weighted by Crippen LogP contribution is -2.47. The van der Waals surface area contributed by atoms with E-state index in [0.29, 0.717) is 29.6 Å². The summed E-state index contributed by atoms with van der Waals surface area (Å²) >= 11 is 3.81. The molecule has 6 aliphatic rings. The van der Waals surface area contributed by atoms with Crippen LogP contribution in [0.25, 0.3) is 0 Å². The Morgan fingerprint density at radius 1 is 1.00 bits per heavy atom. The maximum atomic E-state index is 11.6. The van der Waals surface area contributed by atoms with Gasteiger partial charge in [0, 0.05) is 16.7 Å². The van der Waals surface area contributed by atoms with Crippen LogP contribution in [0.1, 0.15) is 12.0 Å². The fraction of sp³-hybridized carbons (Fsp3) is 0.647. The molecule has 3 heteroatoms. The zero-order chi connectivity index (χ0) is 13.4. The van der Waals surface area contributed by atoms with E-state index < -0.39 is 11.2 Å². The second-order valence-corrected chi connectivity index (χ2v) is 8.71. The summed E-state index contributed by atoms with van der Waals surface area (Å²) in [5, 5.41) is 23.0. The molecule has 20 heavy (non-hydrogen) atoms. The van der Waals surface area contributed by atoms with Crippen LogP contribution in [0, 0.1) is 41.4 Å². The van der Waals surface area contributed by atoms with Gasteiger partial charge in [-0.15, -0.1) is 0 Å². The van der Waals surface area contributed by atoms with Gasteiger partial charge in [0.05, 0.1) is 11.2 Å². The molecule has 2 nitrogen and oxygen atoms in total. The van der Waals surface area contributed by atoms with Crippen LogP contribution in [-0.2, 0) is 5.60 Å². The number of halogens is 1. The first-order chi connectivity index (χ1) is 9.61. The standard InChI is InChI=1S/C17H17BrO2/c18-15-11-9-6-8-10(11)14-16(19,7-4-2-1-3-5-7)12(8)13(9)17(14,15)20/h1-5,8-15,19-20H,6H2/t8-,9+,10+,11-,12+,13+,14-,15+,16+,17+/m1/s1. The molecule has 0 saturated heterocycles. The van der Waals surface area contributed by atoms with Crippen LogP contribution in [-0.4, -0.2) is 20.6 Å². The molecule has 10 atom stereocenters. The van der Waals surface area contributed by atoms with Crippen molar-refractivity contribution in [2.75, 3.05) is 0 Å². The Labute approximate surface area is 126 Å². The number of benzene rings is 1. The third kappa shape index (κ3) is 0.768. The normalized spacial score (nSPS) is 67.0. The van der Waals surface area contributed by atoms with Crippen molar-refractivity contribution in [1.82, 2.24) is 0 Å². The van der Waals surface area contributed by atoms with Gasteiger partial charge in [-0.2, -0.15) is 0 Å². The van der Waals surface area contributed by atoms with Crippen molar-refractivity contribution in [2.24, 2.45) is 41.4 Å². The highest BCUT2D eigenvalue weighted by atomic mass is 79.9. The first kappa shape index (κ1) is 11.2. The zero-order valence-corrected chi connectivity index (χ0v) is 12.6. The Bertz CT molecular complexity index is 631. The molecular weight excluding hydrogens is 316 g/mol. The minimum absolute atomic E-state index is 0.0468. The van der Waals surface area contributed by atoms with Crippen molar-refractivity contribution in [3.8, 4) is 0 Å². The van der Waals surface area contributed by atoms with Gasteiger partial charge < -0.3 is 10.2 Å². The van der Waals surface area contributed by atoms with Crippen molar-refractivity contribution in [2.45, 2.75) is 22.5 Å². The number of hydrogen-bond acceptors (Lipinski definition) is 2. The number of hydrogen-bond donors (Lipinski definition) is 2. The fourth-order valence-electron chi connectivity index (χ4n) is 7.73. The van der Waals surface area contributed by atoms with Crippen molar-refractivity contribution >= 4 is 15.9 Å². The SMILES string of the molecule is O[C@@]1(c2ccccc2)[C@H]2[C@@H]3C[C@H]4[C@@H]5[C@H]3[C@H]1[C@@](O)([C@@H]42)[C@H]5Br. The molecule has 104 valence electrons. The molecule has 6 bridgehead atoms. The van der Waals surface area contributed by atoms with Crippen LogP contribution < -0.4 is 0 Å². The lowest BCUT2D eigenvalue weighted by molar-refractivity contribution is -0.0777. The van der Waals surface area contributed by atoms with Gasteiger partial charge in [0.25, 0.3) is 0 Å². The molecule has 6 aliphatic carbocycles. The van der Waals surface area contributed by atoms with E-state index in [0.717, 1.165) is 5.56 Å². The predicted octanol–water partition coefficient (Wildman–Crippen LogP) is 2.14. The van der Waals surface area contributed by atoms with Crippen molar-refractivity contribution in [1.29, 1.82) is 0 Å². The number of alkyl halides is 1. The molecule has 6 saturated carbocycles. The maximum Gasteiger partial charge on any atom is 0.0989 e. The summed E-state index contributed by atoms with van der Waals surface area (Å²) in [6, 6.07) is 10.1. The van der Waals surface area contributed by atoms with E-state index in [1.54, 1.807) is 0 Å². The molecule has 0 aromatic heterocycles. The third-order valence-electron chi connectivity index (χ3n) is 7.70. The Kier molecular flexibility index (Phi) is 1.63. The Morgan fingerprint density at radius 3 is 2.40 bits per heavy atom.